The molecule has 2 fully saturated rings. The molecule has 4 amide bonds. The number of amides is 4. The summed E-state index contributed by atoms with van der Waals surface area (Å²) in [5.41, 5.74) is 5.31. The molecule has 2 aromatic rings. The molecule has 2 aliphatic carbocycles. The molecule has 0 bridgehead atoms. The molecule has 36 heavy (non-hydrogen) atoms. The number of rotatable bonds is 2. The minimum absolute atomic E-state index is 0.287. The van der Waals surface area contributed by atoms with Gasteiger partial charge >= 0.3 is 0 Å². The van der Waals surface area contributed by atoms with Crippen molar-refractivity contribution in [1.29, 1.82) is 0 Å². The zero-order valence-corrected chi connectivity index (χ0v) is 20.8. The van der Waals surface area contributed by atoms with Crippen molar-refractivity contribution >= 4 is 35.0 Å². The van der Waals surface area contributed by atoms with Gasteiger partial charge in [-0.2, -0.15) is 0 Å². The first kappa shape index (κ1) is 22.7. The summed E-state index contributed by atoms with van der Waals surface area (Å²) in [7, 11) is 0. The third kappa shape index (κ3) is 3.03. The van der Waals surface area contributed by atoms with Crippen LogP contribution in [-0.4, -0.2) is 23.6 Å². The molecule has 0 radical (unpaired) electrons. The van der Waals surface area contributed by atoms with Crippen LogP contribution in [-0.2, 0) is 19.2 Å². The second kappa shape index (κ2) is 7.85. The average molecular weight is 481 g/mol. The van der Waals surface area contributed by atoms with Crippen molar-refractivity contribution < 1.29 is 19.2 Å². The molecule has 182 valence electrons. The first-order valence-electron chi connectivity index (χ1n) is 12.5. The van der Waals surface area contributed by atoms with Gasteiger partial charge in [-0.1, -0.05) is 36.4 Å². The Kier molecular flexibility index (Phi) is 4.94. The Morgan fingerprint density at radius 2 is 0.778 bits per heavy atom. The number of carbonyl (C=O) groups is 4. The van der Waals surface area contributed by atoms with Crippen molar-refractivity contribution in [3.8, 4) is 0 Å². The molecule has 6 heteroatoms. The zero-order valence-electron chi connectivity index (χ0n) is 20.8. The van der Waals surface area contributed by atoms with Crippen LogP contribution in [0.1, 0.15) is 22.3 Å². The third-order valence-electron chi connectivity index (χ3n) is 8.67. The van der Waals surface area contributed by atoms with Gasteiger partial charge in [-0.05, 0) is 86.1 Å². The molecule has 2 aromatic carbocycles. The molecule has 0 saturated carbocycles. The molecule has 4 atom stereocenters. The Balaban J connectivity index is 1.42. The summed E-state index contributed by atoms with van der Waals surface area (Å²) in [6.45, 7) is 7.89. The van der Waals surface area contributed by atoms with E-state index in [0.717, 1.165) is 22.3 Å². The van der Waals surface area contributed by atoms with Crippen LogP contribution in [0.5, 0.6) is 0 Å². The van der Waals surface area contributed by atoms with Gasteiger partial charge in [-0.15, -0.1) is 0 Å². The fourth-order valence-corrected chi connectivity index (χ4v) is 6.44. The van der Waals surface area contributed by atoms with Gasteiger partial charge < -0.3 is 0 Å². The summed E-state index contributed by atoms with van der Waals surface area (Å²) in [5.74, 6) is -4.20. The zero-order chi connectivity index (χ0) is 25.5. The Morgan fingerprint density at radius 1 is 0.472 bits per heavy atom. The van der Waals surface area contributed by atoms with Crippen LogP contribution in [0.2, 0.25) is 0 Å². The van der Waals surface area contributed by atoms with Crippen LogP contribution in [0, 0.1) is 63.2 Å². The predicted molar refractivity (Wildman–Crippen MR) is 136 cm³/mol. The Hall–Kier alpha value is -3.80. The lowest BCUT2D eigenvalue weighted by Crippen LogP contribution is -2.64. The van der Waals surface area contributed by atoms with Crippen molar-refractivity contribution in [1.82, 2.24) is 0 Å². The van der Waals surface area contributed by atoms with Gasteiger partial charge in [0.25, 0.3) is 0 Å². The Morgan fingerprint density at radius 3 is 1.06 bits per heavy atom. The van der Waals surface area contributed by atoms with Crippen LogP contribution in [0.3, 0.4) is 0 Å². The van der Waals surface area contributed by atoms with E-state index >= 15 is 0 Å². The molecule has 4 aliphatic rings. The van der Waals surface area contributed by atoms with Gasteiger partial charge in [0.1, 0.15) is 0 Å². The minimum atomic E-state index is -0.559. The number of hydrogen-bond donors (Lipinski definition) is 0. The van der Waals surface area contributed by atoms with E-state index in [2.05, 4.69) is 0 Å². The molecule has 2 heterocycles. The molecule has 0 aromatic heterocycles. The number of carbonyl (C=O) groups excluding carboxylic acids is 4. The maximum atomic E-state index is 13.7. The Bertz CT molecular complexity index is 1260. The van der Waals surface area contributed by atoms with E-state index in [1.54, 1.807) is 36.4 Å². The van der Waals surface area contributed by atoms with Gasteiger partial charge in [0.15, 0.2) is 0 Å². The van der Waals surface area contributed by atoms with Gasteiger partial charge in [0.05, 0.1) is 35.0 Å². The topological polar surface area (TPSA) is 74.8 Å². The summed E-state index contributed by atoms with van der Waals surface area (Å²) in [5, 5.41) is 0. The van der Waals surface area contributed by atoms with Crippen molar-refractivity contribution in [2.45, 2.75) is 27.7 Å². The van der Waals surface area contributed by atoms with Crippen LogP contribution < -0.4 is 9.80 Å². The number of piperidine rings is 2. The molecule has 2 aliphatic heterocycles. The highest BCUT2D eigenvalue weighted by Crippen LogP contribution is 2.53. The van der Waals surface area contributed by atoms with E-state index in [-0.39, 0.29) is 23.6 Å². The highest BCUT2D eigenvalue weighted by atomic mass is 16.2. The van der Waals surface area contributed by atoms with Crippen LogP contribution in [0.15, 0.2) is 60.7 Å². The Labute approximate surface area is 210 Å². The van der Waals surface area contributed by atoms with Crippen molar-refractivity contribution in [2.75, 3.05) is 9.80 Å². The predicted octanol–water partition coefficient (Wildman–Crippen LogP) is 4.20. The molecule has 0 N–H and O–H groups in total. The molecular weight excluding hydrogens is 452 g/mol. The number of imide groups is 2. The quantitative estimate of drug-likeness (QED) is 0.477. The normalized spacial score (nSPS) is 30.7. The third-order valence-corrected chi connectivity index (χ3v) is 8.67. The van der Waals surface area contributed by atoms with Crippen molar-refractivity contribution in [3.05, 3.63) is 83.0 Å². The lowest BCUT2D eigenvalue weighted by molar-refractivity contribution is -0.148. The maximum Gasteiger partial charge on any atom is 0.241 e. The van der Waals surface area contributed by atoms with E-state index < -0.39 is 35.5 Å². The molecule has 6 rings (SSSR count). The minimum Gasteiger partial charge on any atom is -0.273 e. The van der Waals surface area contributed by atoms with E-state index in [9.17, 15) is 19.2 Å². The summed E-state index contributed by atoms with van der Waals surface area (Å²) in [6.07, 6.45) is 7.18. The van der Waals surface area contributed by atoms with E-state index in [0.29, 0.717) is 11.4 Å². The fourth-order valence-electron chi connectivity index (χ4n) is 6.44. The monoisotopic (exact) mass is 480 g/mol. The van der Waals surface area contributed by atoms with E-state index in [1.165, 1.54) is 9.80 Å². The van der Waals surface area contributed by atoms with Gasteiger partial charge in [-0.25, -0.2) is 9.80 Å². The smallest absolute Gasteiger partial charge is 0.241 e. The lowest BCUT2D eigenvalue weighted by atomic mass is 9.55. The second-order valence-electron chi connectivity index (χ2n) is 10.6. The summed E-state index contributed by atoms with van der Waals surface area (Å²) in [6, 6.07) is 11.2. The number of hydrogen-bond acceptors (Lipinski definition) is 4. The molecule has 0 unspecified atom stereocenters. The SMILES string of the molecule is Cc1ccc(N2C(=O)[C@H]3C=C[C@@H]4C(=O)N(c5ccc(C)c(C)c5)C(=O)[C@H]5C=C[C@H](C2=O)C3C45)cc1C. The van der Waals surface area contributed by atoms with E-state index in [4.69, 9.17) is 0 Å². The molecule has 0 spiro atoms. The molecule has 2 saturated heterocycles. The second-order valence-corrected chi connectivity index (χ2v) is 10.6. The molecular formula is C30H28N2O4. The molecule has 6 nitrogen and oxygen atoms in total. The summed E-state index contributed by atoms with van der Waals surface area (Å²) < 4.78 is 0. The number of anilines is 2. The van der Waals surface area contributed by atoms with Crippen LogP contribution in [0.25, 0.3) is 0 Å². The fraction of sp³-hybridized carbons (Fsp3) is 0.333. The number of nitrogens with zero attached hydrogens (tertiary/aromatic N) is 2. The summed E-state index contributed by atoms with van der Waals surface area (Å²) in [4.78, 5) is 57.3. The number of benzene rings is 2. The van der Waals surface area contributed by atoms with Crippen molar-refractivity contribution in [2.24, 2.45) is 35.5 Å². The van der Waals surface area contributed by atoms with Gasteiger partial charge in [-0.3, -0.25) is 19.2 Å². The largest absolute Gasteiger partial charge is 0.273 e. The first-order chi connectivity index (χ1) is 17.2. The maximum absolute atomic E-state index is 13.7. The number of aryl methyl sites for hydroxylation is 4. The standard InChI is InChI=1S/C30H28N2O4/c1-15-5-7-19(13-17(15)3)31-27(33)21-9-11-23-26-24(12-10-22(25(21)26)28(31)34)30(36)32(29(23)35)20-8-6-16(2)18(4)14-20/h5-14,21-26H,1-4H3/t21-,22-,23-,24-,25?,26?/m0/s1. The highest BCUT2D eigenvalue weighted by molar-refractivity contribution is 6.22. The summed E-state index contributed by atoms with van der Waals surface area (Å²) >= 11 is 0. The van der Waals surface area contributed by atoms with Gasteiger partial charge in [0.2, 0.25) is 23.6 Å². The van der Waals surface area contributed by atoms with Crippen LogP contribution in [0.4, 0.5) is 11.4 Å². The highest BCUT2D eigenvalue weighted by Gasteiger charge is 2.60. The van der Waals surface area contributed by atoms with E-state index in [1.807, 2.05) is 52.0 Å². The average Bonchev–Trinajstić information content (AvgIpc) is 2.85. The van der Waals surface area contributed by atoms with Gasteiger partial charge in [0, 0.05) is 0 Å². The van der Waals surface area contributed by atoms with Crippen LogP contribution >= 0.6 is 0 Å². The lowest BCUT2D eigenvalue weighted by Gasteiger charge is -2.53. The van der Waals surface area contributed by atoms with Crippen molar-refractivity contribution in [3.63, 3.8) is 0 Å². The first-order valence-corrected chi connectivity index (χ1v) is 12.5.